The normalized spacial score (nSPS) is 19.8. The summed E-state index contributed by atoms with van der Waals surface area (Å²) in [6.07, 6.45) is 2.24. The summed E-state index contributed by atoms with van der Waals surface area (Å²) in [5.41, 5.74) is 1.27. The fraction of sp³-hybridized carbons (Fsp3) is 0.533. The van der Waals surface area contributed by atoms with Crippen LogP contribution < -0.4 is 10.6 Å². The smallest absolute Gasteiger partial charge is 0.233 e. The van der Waals surface area contributed by atoms with E-state index in [0.717, 1.165) is 31.7 Å². The number of hydrogen-bond acceptors (Lipinski definition) is 3. The average molecular weight is 315 g/mol. The van der Waals surface area contributed by atoms with Crippen LogP contribution in [-0.4, -0.2) is 30.3 Å². The Kier molecular flexibility index (Phi) is 8.04. The molecule has 2 rings (SSSR count). The van der Waals surface area contributed by atoms with E-state index in [4.69, 9.17) is 0 Å². The molecular formula is C15H23ClN2OS. The molecule has 0 spiro atoms. The quantitative estimate of drug-likeness (QED) is 0.878. The molecule has 1 aliphatic rings. The van der Waals surface area contributed by atoms with E-state index in [9.17, 15) is 4.79 Å². The van der Waals surface area contributed by atoms with Crippen molar-refractivity contribution in [1.82, 2.24) is 10.6 Å². The number of amides is 1. The third kappa shape index (κ3) is 5.73. The van der Waals surface area contributed by atoms with E-state index in [0.29, 0.717) is 6.04 Å². The van der Waals surface area contributed by atoms with Gasteiger partial charge in [-0.2, -0.15) is 0 Å². The highest BCUT2D eigenvalue weighted by Gasteiger charge is 2.19. The predicted molar refractivity (Wildman–Crippen MR) is 88.5 cm³/mol. The maximum absolute atomic E-state index is 12.1. The molecule has 0 saturated carbocycles. The van der Waals surface area contributed by atoms with Crippen LogP contribution >= 0.6 is 24.2 Å². The number of piperidine rings is 1. The van der Waals surface area contributed by atoms with Crippen molar-refractivity contribution in [2.45, 2.75) is 36.8 Å². The van der Waals surface area contributed by atoms with Gasteiger partial charge in [0.05, 0.1) is 5.25 Å². The van der Waals surface area contributed by atoms with Gasteiger partial charge in [0.25, 0.3) is 0 Å². The van der Waals surface area contributed by atoms with E-state index in [1.807, 2.05) is 25.1 Å². The molecule has 2 N–H and O–H groups in total. The van der Waals surface area contributed by atoms with E-state index in [1.54, 1.807) is 11.8 Å². The van der Waals surface area contributed by atoms with Crippen LogP contribution in [0.3, 0.4) is 0 Å². The van der Waals surface area contributed by atoms with Gasteiger partial charge >= 0.3 is 0 Å². The number of thioether (sulfide) groups is 1. The Bertz CT molecular complexity index is 396. The highest BCUT2D eigenvalue weighted by molar-refractivity contribution is 7.99. The van der Waals surface area contributed by atoms with Gasteiger partial charge in [-0.15, -0.1) is 24.2 Å². The summed E-state index contributed by atoms with van der Waals surface area (Å²) in [4.78, 5) is 12.1. The SMILES string of the molecule is CC(SCc1ccccc1)C(=O)N[C@H]1CCCNC1.Cl. The van der Waals surface area contributed by atoms with Gasteiger partial charge in [0.1, 0.15) is 0 Å². The van der Waals surface area contributed by atoms with Crippen molar-refractivity contribution in [3.8, 4) is 0 Å². The highest BCUT2D eigenvalue weighted by Crippen LogP contribution is 2.18. The monoisotopic (exact) mass is 314 g/mol. The molecule has 1 aromatic rings. The van der Waals surface area contributed by atoms with Crippen LogP contribution in [0.15, 0.2) is 30.3 Å². The second-order valence-electron chi connectivity index (χ2n) is 4.99. The predicted octanol–water partition coefficient (Wildman–Crippen LogP) is 2.60. The lowest BCUT2D eigenvalue weighted by molar-refractivity contribution is -0.121. The molecule has 0 radical (unpaired) electrons. The van der Waals surface area contributed by atoms with E-state index in [2.05, 4.69) is 22.8 Å². The molecule has 1 aromatic carbocycles. The fourth-order valence-electron chi connectivity index (χ4n) is 2.16. The van der Waals surface area contributed by atoms with Crippen molar-refractivity contribution in [3.63, 3.8) is 0 Å². The molecule has 0 aliphatic carbocycles. The Morgan fingerprint density at radius 1 is 1.45 bits per heavy atom. The van der Waals surface area contributed by atoms with E-state index in [1.165, 1.54) is 5.56 Å². The summed E-state index contributed by atoms with van der Waals surface area (Å²) >= 11 is 1.69. The van der Waals surface area contributed by atoms with Gasteiger partial charge in [-0.25, -0.2) is 0 Å². The number of rotatable bonds is 5. The molecule has 1 aliphatic heterocycles. The highest BCUT2D eigenvalue weighted by atomic mass is 35.5. The van der Waals surface area contributed by atoms with Crippen LogP contribution in [0.2, 0.25) is 0 Å². The zero-order chi connectivity index (χ0) is 13.5. The lowest BCUT2D eigenvalue weighted by Crippen LogP contribution is -2.47. The maximum atomic E-state index is 12.1. The van der Waals surface area contributed by atoms with Gasteiger partial charge in [-0.3, -0.25) is 4.79 Å². The number of hydrogen-bond donors (Lipinski definition) is 2. The lowest BCUT2D eigenvalue weighted by atomic mass is 10.1. The number of carbonyl (C=O) groups is 1. The fourth-order valence-corrected chi connectivity index (χ4v) is 3.02. The van der Waals surface area contributed by atoms with Crippen LogP contribution in [-0.2, 0) is 10.5 Å². The standard InChI is InChI=1S/C15H22N2OS.ClH/c1-12(19-11-13-6-3-2-4-7-13)15(18)17-14-8-5-9-16-10-14;/h2-4,6-7,12,14,16H,5,8-11H2,1H3,(H,17,18);1H/t12?,14-;/m0./s1. The first-order valence-electron chi connectivity index (χ1n) is 6.92. The molecule has 1 heterocycles. The number of nitrogens with one attached hydrogen (secondary N) is 2. The molecule has 0 aromatic heterocycles. The first-order valence-corrected chi connectivity index (χ1v) is 7.97. The van der Waals surface area contributed by atoms with Gasteiger partial charge in [0.2, 0.25) is 5.91 Å². The summed E-state index contributed by atoms with van der Waals surface area (Å²) in [5.74, 6) is 1.05. The Balaban J connectivity index is 0.00000200. The molecule has 1 amide bonds. The van der Waals surface area contributed by atoms with Crippen LogP contribution in [0.25, 0.3) is 0 Å². The van der Waals surface area contributed by atoms with Crippen molar-refractivity contribution in [2.24, 2.45) is 0 Å². The van der Waals surface area contributed by atoms with Crippen molar-refractivity contribution >= 4 is 30.1 Å². The third-order valence-corrected chi connectivity index (χ3v) is 4.57. The van der Waals surface area contributed by atoms with Crippen LogP contribution in [0.5, 0.6) is 0 Å². The average Bonchev–Trinajstić information content (AvgIpc) is 2.47. The molecule has 5 heteroatoms. The minimum absolute atomic E-state index is 0. The Hall–Kier alpha value is -0.710. The molecule has 3 nitrogen and oxygen atoms in total. The Morgan fingerprint density at radius 2 is 2.20 bits per heavy atom. The van der Waals surface area contributed by atoms with Gasteiger partial charge < -0.3 is 10.6 Å². The topological polar surface area (TPSA) is 41.1 Å². The van der Waals surface area contributed by atoms with Crippen molar-refractivity contribution in [2.75, 3.05) is 13.1 Å². The first-order chi connectivity index (χ1) is 9.25. The van der Waals surface area contributed by atoms with Gasteiger partial charge in [0.15, 0.2) is 0 Å². The van der Waals surface area contributed by atoms with Gasteiger partial charge in [0, 0.05) is 18.3 Å². The zero-order valence-electron chi connectivity index (χ0n) is 11.8. The molecule has 0 bridgehead atoms. The van der Waals surface area contributed by atoms with E-state index in [-0.39, 0.29) is 23.6 Å². The molecule has 2 atom stereocenters. The molecule has 112 valence electrons. The maximum Gasteiger partial charge on any atom is 0.233 e. The number of carbonyl (C=O) groups excluding carboxylic acids is 1. The summed E-state index contributed by atoms with van der Waals surface area (Å²) in [6, 6.07) is 10.6. The van der Waals surface area contributed by atoms with Crippen molar-refractivity contribution in [1.29, 1.82) is 0 Å². The van der Waals surface area contributed by atoms with Crippen molar-refractivity contribution in [3.05, 3.63) is 35.9 Å². The minimum Gasteiger partial charge on any atom is -0.351 e. The third-order valence-electron chi connectivity index (χ3n) is 3.36. The second kappa shape index (κ2) is 9.27. The summed E-state index contributed by atoms with van der Waals surface area (Å²) in [7, 11) is 0. The van der Waals surface area contributed by atoms with E-state index >= 15 is 0 Å². The van der Waals surface area contributed by atoms with Gasteiger partial charge in [-0.05, 0) is 31.9 Å². The second-order valence-corrected chi connectivity index (χ2v) is 6.32. The van der Waals surface area contributed by atoms with Crippen LogP contribution in [0, 0.1) is 0 Å². The van der Waals surface area contributed by atoms with Crippen molar-refractivity contribution < 1.29 is 4.79 Å². The largest absolute Gasteiger partial charge is 0.351 e. The van der Waals surface area contributed by atoms with Gasteiger partial charge in [-0.1, -0.05) is 30.3 Å². The molecule has 1 fully saturated rings. The summed E-state index contributed by atoms with van der Waals surface area (Å²) in [5, 5.41) is 6.45. The van der Waals surface area contributed by atoms with E-state index < -0.39 is 0 Å². The summed E-state index contributed by atoms with van der Waals surface area (Å²) in [6.45, 7) is 3.96. The summed E-state index contributed by atoms with van der Waals surface area (Å²) < 4.78 is 0. The minimum atomic E-state index is 0. The Morgan fingerprint density at radius 3 is 2.85 bits per heavy atom. The van der Waals surface area contributed by atoms with Crippen LogP contribution in [0.4, 0.5) is 0 Å². The number of halogens is 1. The lowest BCUT2D eigenvalue weighted by Gasteiger charge is -2.25. The zero-order valence-corrected chi connectivity index (χ0v) is 13.4. The molecule has 1 saturated heterocycles. The Labute approximate surface area is 131 Å². The van der Waals surface area contributed by atoms with Crippen LogP contribution in [0.1, 0.15) is 25.3 Å². The molecule has 1 unspecified atom stereocenters. The first kappa shape index (κ1) is 17.3. The molecule has 20 heavy (non-hydrogen) atoms. The number of benzene rings is 1. The molecular weight excluding hydrogens is 292 g/mol.